The molecule has 1 heterocycles. The Morgan fingerprint density at radius 2 is 1.56 bits per heavy atom. The molecule has 0 spiro atoms. The van der Waals surface area contributed by atoms with Crippen LogP contribution in [0.25, 0.3) is 0 Å². The third kappa shape index (κ3) is 6.07. The van der Waals surface area contributed by atoms with Crippen molar-refractivity contribution in [3.63, 3.8) is 0 Å². The van der Waals surface area contributed by atoms with Gasteiger partial charge in [-0.1, -0.05) is 11.6 Å². The number of anilines is 4. The van der Waals surface area contributed by atoms with Gasteiger partial charge in [0, 0.05) is 16.8 Å². The Hall–Kier alpha value is -3.09. The van der Waals surface area contributed by atoms with Crippen molar-refractivity contribution in [1.82, 2.24) is 14.7 Å². The van der Waals surface area contributed by atoms with Crippen LogP contribution in [0, 0.1) is 0 Å². The van der Waals surface area contributed by atoms with Crippen molar-refractivity contribution in [1.29, 1.82) is 0 Å². The molecule has 0 unspecified atom stereocenters. The normalized spacial score (nSPS) is 12.3. The average Bonchev–Trinajstić information content (AvgIpc) is 2.76. The minimum Gasteiger partial charge on any atom is -0.476 e. The number of hydrogen-bond acceptors (Lipinski definition) is 7. The Balaban J connectivity index is 1.96. The smallest absolute Gasteiger partial charge is 0.427 e. The molecule has 2 aromatic carbocycles. The highest BCUT2D eigenvalue weighted by atomic mass is 35.5. The fraction of sp³-hybridized carbons (Fsp3) is 0.238. The number of sulfonamides is 1. The van der Waals surface area contributed by atoms with E-state index in [0.29, 0.717) is 16.5 Å². The van der Waals surface area contributed by atoms with Crippen LogP contribution in [0.5, 0.6) is 5.75 Å². The number of rotatable bonds is 8. The molecule has 0 fully saturated rings. The molecule has 1 aromatic heterocycles. The lowest BCUT2D eigenvalue weighted by Gasteiger charge is -2.30. The Kier molecular flexibility index (Phi) is 7.24. The van der Waals surface area contributed by atoms with E-state index in [1.165, 1.54) is 19.4 Å². The van der Waals surface area contributed by atoms with E-state index >= 15 is 0 Å². The highest BCUT2D eigenvalue weighted by molar-refractivity contribution is 7.89. The van der Waals surface area contributed by atoms with Crippen LogP contribution in [0.15, 0.2) is 59.8 Å². The number of ether oxygens (including phenoxy) is 1. The molecular formula is C21H21ClF3N5O3S. The summed E-state index contributed by atoms with van der Waals surface area (Å²) in [7, 11) is -2.66. The second kappa shape index (κ2) is 9.65. The van der Waals surface area contributed by atoms with Crippen LogP contribution in [-0.4, -0.2) is 37.2 Å². The zero-order valence-corrected chi connectivity index (χ0v) is 19.8. The van der Waals surface area contributed by atoms with Crippen molar-refractivity contribution in [3.05, 3.63) is 59.9 Å². The Morgan fingerprint density at radius 1 is 0.941 bits per heavy atom. The third-order valence-corrected chi connectivity index (χ3v) is 6.29. The maximum absolute atomic E-state index is 13.4. The van der Waals surface area contributed by atoms with E-state index in [0.717, 1.165) is 32.0 Å². The van der Waals surface area contributed by atoms with Gasteiger partial charge in [0.2, 0.25) is 10.0 Å². The molecule has 0 bridgehead atoms. The largest absolute Gasteiger partial charge is 0.476 e. The van der Waals surface area contributed by atoms with Gasteiger partial charge in [0.1, 0.15) is 23.7 Å². The molecule has 0 radical (unpaired) electrons. The highest BCUT2D eigenvalue weighted by Crippen LogP contribution is 2.38. The predicted octanol–water partition coefficient (Wildman–Crippen LogP) is 5.25. The van der Waals surface area contributed by atoms with Gasteiger partial charge in [-0.3, -0.25) is 0 Å². The molecule has 0 aliphatic rings. The standard InChI is InChI=1S/C21H21ClF3N5O3S/c1-20(2,21(23,24)25)33-17-9-8-15(34(31,32)26-3)10-16(17)30-19-11-18(27-12-28-19)29-14-6-4-13(22)5-7-14/h4-12,26H,1-3H3,(H2,27,28,29,30). The lowest BCUT2D eigenvalue weighted by molar-refractivity contribution is -0.234. The molecule has 0 saturated heterocycles. The van der Waals surface area contributed by atoms with E-state index in [1.54, 1.807) is 24.3 Å². The molecule has 3 N–H and O–H groups in total. The van der Waals surface area contributed by atoms with Gasteiger partial charge in [0.25, 0.3) is 0 Å². The number of alkyl halides is 3. The van der Waals surface area contributed by atoms with Crippen molar-refractivity contribution in [2.45, 2.75) is 30.5 Å². The Labute approximate surface area is 199 Å². The number of halogens is 4. The van der Waals surface area contributed by atoms with Crippen molar-refractivity contribution in [3.8, 4) is 5.75 Å². The Morgan fingerprint density at radius 3 is 2.15 bits per heavy atom. The van der Waals surface area contributed by atoms with Crippen LogP contribution in [0.2, 0.25) is 5.02 Å². The summed E-state index contributed by atoms with van der Waals surface area (Å²) in [5, 5.41) is 6.42. The number of aromatic nitrogens is 2. The maximum Gasteiger partial charge on any atom is 0.427 e. The van der Waals surface area contributed by atoms with Gasteiger partial charge in [0.05, 0.1) is 10.6 Å². The molecule has 0 aliphatic heterocycles. The third-order valence-electron chi connectivity index (χ3n) is 4.62. The summed E-state index contributed by atoms with van der Waals surface area (Å²) in [4.78, 5) is 7.99. The molecule has 13 heteroatoms. The molecule has 0 aliphatic carbocycles. The molecule has 0 saturated carbocycles. The zero-order chi connectivity index (χ0) is 25.1. The highest BCUT2D eigenvalue weighted by Gasteiger charge is 2.50. The van der Waals surface area contributed by atoms with Gasteiger partial charge < -0.3 is 15.4 Å². The maximum atomic E-state index is 13.4. The van der Waals surface area contributed by atoms with Crippen LogP contribution >= 0.6 is 11.6 Å². The molecule has 3 aromatic rings. The van der Waals surface area contributed by atoms with Crippen molar-refractivity contribution >= 4 is 44.6 Å². The molecule has 182 valence electrons. The second-order valence-corrected chi connectivity index (χ2v) is 9.84. The summed E-state index contributed by atoms with van der Waals surface area (Å²) >= 11 is 5.88. The number of hydrogen-bond donors (Lipinski definition) is 3. The van der Waals surface area contributed by atoms with Crippen molar-refractivity contribution in [2.75, 3.05) is 17.7 Å². The first-order chi connectivity index (χ1) is 15.8. The van der Waals surface area contributed by atoms with Gasteiger partial charge >= 0.3 is 6.18 Å². The van der Waals surface area contributed by atoms with E-state index in [9.17, 15) is 21.6 Å². The van der Waals surface area contributed by atoms with E-state index in [4.69, 9.17) is 16.3 Å². The van der Waals surface area contributed by atoms with Crippen LogP contribution in [0.3, 0.4) is 0 Å². The van der Waals surface area contributed by atoms with Crippen molar-refractivity contribution < 1.29 is 26.3 Å². The minimum atomic E-state index is -4.68. The first-order valence-corrected chi connectivity index (χ1v) is 11.6. The van der Waals surface area contributed by atoms with Gasteiger partial charge in [-0.05, 0) is 63.4 Å². The van der Waals surface area contributed by atoms with Gasteiger partial charge in [0.15, 0.2) is 5.60 Å². The van der Waals surface area contributed by atoms with Gasteiger partial charge in [-0.2, -0.15) is 13.2 Å². The molecular weight excluding hydrogens is 495 g/mol. The van der Waals surface area contributed by atoms with Crippen molar-refractivity contribution in [2.24, 2.45) is 0 Å². The van der Waals surface area contributed by atoms with E-state index in [1.807, 2.05) is 0 Å². The van der Waals surface area contributed by atoms with Gasteiger partial charge in [-0.15, -0.1) is 0 Å². The summed E-state index contributed by atoms with van der Waals surface area (Å²) in [6.45, 7) is 1.74. The minimum absolute atomic E-state index is 0.0372. The van der Waals surface area contributed by atoms with Crippen LogP contribution < -0.4 is 20.1 Å². The quantitative estimate of drug-likeness (QED) is 0.376. The molecule has 3 rings (SSSR count). The fourth-order valence-electron chi connectivity index (χ4n) is 2.63. The lowest BCUT2D eigenvalue weighted by Crippen LogP contribution is -2.44. The van der Waals surface area contributed by atoms with E-state index < -0.39 is 21.8 Å². The van der Waals surface area contributed by atoms with Crippen LogP contribution in [0.4, 0.5) is 36.2 Å². The molecule has 34 heavy (non-hydrogen) atoms. The van der Waals surface area contributed by atoms with E-state index in [-0.39, 0.29) is 22.2 Å². The fourth-order valence-corrected chi connectivity index (χ4v) is 3.51. The average molecular weight is 516 g/mol. The number of nitrogens with zero attached hydrogens (tertiary/aromatic N) is 2. The zero-order valence-electron chi connectivity index (χ0n) is 18.2. The summed E-state index contributed by atoms with van der Waals surface area (Å²) in [5.41, 5.74) is -1.89. The Bertz CT molecular complexity index is 1270. The number of benzene rings is 2. The topological polar surface area (TPSA) is 105 Å². The molecule has 8 nitrogen and oxygen atoms in total. The first kappa shape index (κ1) is 25.5. The summed E-state index contributed by atoms with van der Waals surface area (Å²) < 4.78 is 72.1. The summed E-state index contributed by atoms with van der Waals surface area (Å²) in [6.07, 6.45) is -3.44. The summed E-state index contributed by atoms with van der Waals surface area (Å²) in [5.74, 6) is 0.334. The molecule has 0 atom stereocenters. The first-order valence-electron chi connectivity index (χ1n) is 9.76. The van der Waals surface area contributed by atoms with Crippen LogP contribution in [0.1, 0.15) is 13.8 Å². The SMILES string of the molecule is CNS(=O)(=O)c1ccc(OC(C)(C)C(F)(F)F)c(Nc2cc(Nc3ccc(Cl)cc3)ncn2)c1. The lowest BCUT2D eigenvalue weighted by atomic mass is 10.1. The molecule has 0 amide bonds. The summed E-state index contributed by atoms with van der Waals surface area (Å²) in [6, 6.07) is 11.8. The second-order valence-electron chi connectivity index (χ2n) is 7.52. The van der Waals surface area contributed by atoms with Crippen LogP contribution in [-0.2, 0) is 10.0 Å². The van der Waals surface area contributed by atoms with Gasteiger partial charge in [-0.25, -0.2) is 23.1 Å². The predicted molar refractivity (Wildman–Crippen MR) is 123 cm³/mol. The van der Waals surface area contributed by atoms with E-state index in [2.05, 4.69) is 25.3 Å². The monoisotopic (exact) mass is 515 g/mol. The number of nitrogens with one attached hydrogen (secondary N) is 3.